The molecule has 4 nitrogen and oxygen atoms in total. The van der Waals surface area contributed by atoms with E-state index in [4.69, 9.17) is 0 Å². The van der Waals surface area contributed by atoms with Crippen LogP contribution in [0.25, 0.3) is 0 Å². The molecular formula is C13H14BrN3O. The van der Waals surface area contributed by atoms with E-state index in [1.165, 1.54) is 0 Å². The predicted molar refractivity (Wildman–Crippen MR) is 74.4 cm³/mol. The van der Waals surface area contributed by atoms with Gasteiger partial charge in [0, 0.05) is 17.2 Å². The fourth-order valence-electron chi connectivity index (χ4n) is 1.75. The van der Waals surface area contributed by atoms with E-state index in [2.05, 4.69) is 26.3 Å². The summed E-state index contributed by atoms with van der Waals surface area (Å²) >= 11 is 3.40. The van der Waals surface area contributed by atoms with Crippen LogP contribution in [0, 0.1) is 6.92 Å². The second kappa shape index (κ2) is 5.35. The van der Waals surface area contributed by atoms with Crippen molar-refractivity contribution in [2.45, 2.75) is 13.3 Å². The van der Waals surface area contributed by atoms with Gasteiger partial charge < -0.3 is 5.32 Å². The molecule has 1 amide bonds. The number of anilines is 1. The Labute approximate surface area is 114 Å². The Hall–Kier alpha value is -1.62. The molecular weight excluding hydrogens is 294 g/mol. The molecule has 0 aliphatic heterocycles. The Bertz CT molecular complexity index is 577. The van der Waals surface area contributed by atoms with Crippen molar-refractivity contribution in [1.82, 2.24) is 9.78 Å². The third-order valence-corrected chi connectivity index (χ3v) is 3.28. The number of para-hydroxylation sites is 1. The number of benzene rings is 1. The lowest BCUT2D eigenvalue weighted by molar-refractivity contribution is -0.115. The lowest BCUT2D eigenvalue weighted by atomic mass is 10.2. The normalized spacial score (nSPS) is 10.4. The molecule has 94 valence electrons. The number of amides is 1. The minimum atomic E-state index is -0.0510. The zero-order chi connectivity index (χ0) is 13.1. The van der Waals surface area contributed by atoms with Gasteiger partial charge in [0.05, 0.1) is 17.8 Å². The molecule has 0 bridgehead atoms. The zero-order valence-corrected chi connectivity index (χ0v) is 11.9. The van der Waals surface area contributed by atoms with Gasteiger partial charge in [-0.25, -0.2) is 0 Å². The first-order valence-corrected chi connectivity index (χ1v) is 6.39. The Kier molecular flexibility index (Phi) is 3.81. The molecule has 0 radical (unpaired) electrons. The van der Waals surface area contributed by atoms with Gasteiger partial charge in [-0.15, -0.1) is 0 Å². The van der Waals surface area contributed by atoms with Gasteiger partial charge in [-0.05, 0) is 41.1 Å². The van der Waals surface area contributed by atoms with Crippen LogP contribution in [0.5, 0.6) is 0 Å². The Morgan fingerprint density at radius 3 is 2.78 bits per heavy atom. The average molecular weight is 308 g/mol. The summed E-state index contributed by atoms with van der Waals surface area (Å²) in [5, 5.41) is 7.08. The van der Waals surface area contributed by atoms with Crippen LogP contribution in [-0.4, -0.2) is 15.7 Å². The van der Waals surface area contributed by atoms with E-state index in [9.17, 15) is 4.79 Å². The van der Waals surface area contributed by atoms with E-state index in [1.54, 1.807) is 4.68 Å². The minimum absolute atomic E-state index is 0.0510. The quantitative estimate of drug-likeness (QED) is 0.947. The maximum atomic E-state index is 11.9. The Morgan fingerprint density at radius 2 is 2.17 bits per heavy atom. The number of rotatable bonds is 3. The first kappa shape index (κ1) is 12.8. The number of carbonyl (C=O) groups excluding carboxylic acids is 1. The summed E-state index contributed by atoms with van der Waals surface area (Å²) in [7, 11) is 1.84. The number of hydrogen-bond donors (Lipinski definition) is 1. The summed E-state index contributed by atoms with van der Waals surface area (Å²) in [6.07, 6.45) is 0.318. The summed E-state index contributed by atoms with van der Waals surface area (Å²) in [4.78, 5) is 11.9. The molecule has 0 aliphatic rings. The van der Waals surface area contributed by atoms with E-state index < -0.39 is 0 Å². The summed E-state index contributed by atoms with van der Waals surface area (Å²) < 4.78 is 2.61. The van der Waals surface area contributed by atoms with Crippen molar-refractivity contribution in [2.75, 3.05) is 5.32 Å². The highest BCUT2D eigenvalue weighted by Crippen LogP contribution is 2.21. The van der Waals surface area contributed by atoms with Gasteiger partial charge in [0.25, 0.3) is 0 Å². The summed E-state index contributed by atoms with van der Waals surface area (Å²) in [6.45, 7) is 1.91. The van der Waals surface area contributed by atoms with Crippen LogP contribution >= 0.6 is 15.9 Å². The van der Waals surface area contributed by atoms with Gasteiger partial charge in [0.1, 0.15) is 0 Å². The van der Waals surface area contributed by atoms with Crippen LogP contribution in [0.15, 0.2) is 34.8 Å². The Morgan fingerprint density at radius 1 is 1.44 bits per heavy atom. The van der Waals surface area contributed by atoms with E-state index in [0.717, 1.165) is 21.5 Å². The van der Waals surface area contributed by atoms with E-state index >= 15 is 0 Å². The number of nitrogens with zero attached hydrogens (tertiary/aromatic N) is 2. The minimum Gasteiger partial charge on any atom is -0.325 e. The molecule has 0 unspecified atom stereocenters. The zero-order valence-electron chi connectivity index (χ0n) is 10.3. The van der Waals surface area contributed by atoms with Crippen LogP contribution in [-0.2, 0) is 18.3 Å². The van der Waals surface area contributed by atoms with Crippen molar-refractivity contribution in [3.63, 3.8) is 0 Å². The van der Waals surface area contributed by atoms with Crippen molar-refractivity contribution >= 4 is 27.5 Å². The lowest BCUT2D eigenvalue weighted by Gasteiger charge is -2.07. The fourth-order valence-corrected chi connectivity index (χ4v) is 2.14. The fraction of sp³-hybridized carbons (Fsp3) is 0.231. The largest absolute Gasteiger partial charge is 0.325 e. The molecule has 2 rings (SSSR count). The maximum Gasteiger partial charge on any atom is 0.230 e. The lowest BCUT2D eigenvalue weighted by Crippen LogP contribution is -2.16. The van der Waals surface area contributed by atoms with Crippen LogP contribution in [0.3, 0.4) is 0 Å². The topological polar surface area (TPSA) is 46.9 Å². The number of hydrogen-bond acceptors (Lipinski definition) is 2. The number of aryl methyl sites for hydroxylation is 2. The molecule has 5 heteroatoms. The highest BCUT2D eigenvalue weighted by atomic mass is 79.9. The summed E-state index contributed by atoms with van der Waals surface area (Å²) in [5.74, 6) is -0.0510. The number of carbonyl (C=O) groups is 1. The van der Waals surface area contributed by atoms with Gasteiger partial charge >= 0.3 is 0 Å². The average Bonchev–Trinajstić information content (AvgIpc) is 2.61. The molecule has 0 fully saturated rings. The third kappa shape index (κ3) is 2.98. The number of halogens is 1. The van der Waals surface area contributed by atoms with Crippen molar-refractivity contribution in [2.24, 2.45) is 7.05 Å². The van der Waals surface area contributed by atoms with Gasteiger partial charge in [-0.3, -0.25) is 9.48 Å². The smallest absolute Gasteiger partial charge is 0.230 e. The molecule has 0 spiro atoms. The van der Waals surface area contributed by atoms with E-state index in [-0.39, 0.29) is 5.91 Å². The van der Waals surface area contributed by atoms with E-state index in [0.29, 0.717) is 6.42 Å². The highest BCUT2D eigenvalue weighted by molar-refractivity contribution is 9.10. The second-order valence-corrected chi connectivity index (χ2v) is 4.96. The van der Waals surface area contributed by atoms with Crippen LogP contribution in [0.2, 0.25) is 0 Å². The molecule has 0 aliphatic carbocycles. The van der Waals surface area contributed by atoms with Crippen LogP contribution < -0.4 is 5.32 Å². The Balaban J connectivity index is 2.06. The molecule has 1 aromatic heterocycles. The third-order valence-electron chi connectivity index (χ3n) is 2.59. The van der Waals surface area contributed by atoms with Crippen molar-refractivity contribution in [1.29, 1.82) is 0 Å². The van der Waals surface area contributed by atoms with Crippen molar-refractivity contribution in [3.8, 4) is 0 Å². The van der Waals surface area contributed by atoms with Gasteiger partial charge in [-0.1, -0.05) is 12.1 Å². The molecule has 0 atom stereocenters. The number of nitrogens with one attached hydrogen (secondary N) is 1. The van der Waals surface area contributed by atoms with Gasteiger partial charge in [0.2, 0.25) is 5.91 Å². The predicted octanol–water partition coefficient (Wildman–Crippen LogP) is 2.67. The van der Waals surface area contributed by atoms with Crippen molar-refractivity contribution in [3.05, 3.63) is 46.2 Å². The van der Waals surface area contributed by atoms with Crippen LogP contribution in [0.4, 0.5) is 5.69 Å². The second-order valence-electron chi connectivity index (χ2n) is 4.11. The summed E-state index contributed by atoms with van der Waals surface area (Å²) in [5.41, 5.74) is 2.60. The highest BCUT2D eigenvalue weighted by Gasteiger charge is 2.09. The first-order chi connectivity index (χ1) is 8.56. The van der Waals surface area contributed by atoms with Gasteiger partial charge in [-0.2, -0.15) is 5.10 Å². The van der Waals surface area contributed by atoms with Gasteiger partial charge in [0.15, 0.2) is 0 Å². The van der Waals surface area contributed by atoms with Crippen molar-refractivity contribution < 1.29 is 4.79 Å². The molecule has 1 aromatic carbocycles. The summed E-state index contributed by atoms with van der Waals surface area (Å²) in [6, 6.07) is 9.46. The maximum absolute atomic E-state index is 11.9. The molecule has 1 N–H and O–H groups in total. The molecule has 0 saturated carbocycles. The first-order valence-electron chi connectivity index (χ1n) is 5.60. The van der Waals surface area contributed by atoms with E-state index in [1.807, 2.05) is 44.3 Å². The standard InChI is InChI=1S/C13H14BrN3O/c1-9-7-10(17(2)16-9)8-13(18)15-12-6-4-3-5-11(12)14/h3-7H,8H2,1-2H3,(H,15,18). The number of aromatic nitrogens is 2. The molecule has 0 saturated heterocycles. The molecule has 18 heavy (non-hydrogen) atoms. The molecule has 1 heterocycles. The SMILES string of the molecule is Cc1cc(CC(=O)Nc2ccccc2Br)n(C)n1. The van der Waals surface area contributed by atoms with Crippen LogP contribution in [0.1, 0.15) is 11.4 Å². The monoisotopic (exact) mass is 307 g/mol. The molecule has 2 aromatic rings.